The lowest BCUT2D eigenvalue weighted by atomic mass is 9.63. The molecule has 3 aromatic carbocycles. The van der Waals surface area contributed by atoms with Crippen molar-refractivity contribution in [3.63, 3.8) is 0 Å². The number of esters is 1. The first-order chi connectivity index (χ1) is 19.1. The van der Waals surface area contributed by atoms with Gasteiger partial charge in [0.15, 0.2) is 0 Å². The average molecular weight is 520 g/mol. The highest BCUT2D eigenvalue weighted by Gasteiger charge is 2.68. The average Bonchev–Trinajstić information content (AvgIpc) is 3.76. The molecule has 1 heterocycles. The number of carbonyl (C=O) groups is 3. The number of allylic oxidation sites excluding steroid dienone is 2. The number of nitrogens with zero attached hydrogens (tertiary/aromatic N) is 1. The summed E-state index contributed by atoms with van der Waals surface area (Å²) in [6, 6.07) is 25.1. The van der Waals surface area contributed by atoms with E-state index in [4.69, 9.17) is 9.47 Å². The maximum absolute atomic E-state index is 13.8. The summed E-state index contributed by atoms with van der Waals surface area (Å²) in [6.07, 6.45) is 5.59. The largest absolute Gasteiger partial charge is 0.489 e. The second-order valence-electron chi connectivity index (χ2n) is 11.1. The molecule has 3 fully saturated rings. The molecule has 6 heteroatoms. The van der Waals surface area contributed by atoms with Gasteiger partial charge in [-0.3, -0.25) is 14.5 Å². The van der Waals surface area contributed by atoms with Gasteiger partial charge in [-0.2, -0.15) is 0 Å². The minimum absolute atomic E-state index is 0.100. The summed E-state index contributed by atoms with van der Waals surface area (Å²) in [5.41, 5.74) is 1.92. The van der Waals surface area contributed by atoms with Gasteiger partial charge >= 0.3 is 5.97 Å². The minimum atomic E-state index is -1.03. The first kappa shape index (κ1) is 23.9. The molecule has 0 spiro atoms. The Labute approximate surface area is 227 Å². The molecule has 0 radical (unpaired) electrons. The van der Waals surface area contributed by atoms with Crippen LogP contribution in [0.3, 0.4) is 0 Å². The van der Waals surface area contributed by atoms with Crippen molar-refractivity contribution in [2.45, 2.75) is 25.5 Å². The van der Waals surface area contributed by atoms with E-state index in [9.17, 15) is 14.4 Å². The number of benzene rings is 3. The first-order valence-corrected chi connectivity index (χ1v) is 13.7. The van der Waals surface area contributed by atoms with Crippen molar-refractivity contribution < 1.29 is 23.9 Å². The van der Waals surface area contributed by atoms with Crippen LogP contribution in [-0.2, 0) is 27.4 Å². The number of rotatable bonds is 8. The molecule has 5 aliphatic rings. The van der Waals surface area contributed by atoms with Gasteiger partial charge in [0.2, 0.25) is 11.8 Å². The molecule has 4 aliphatic carbocycles. The summed E-state index contributed by atoms with van der Waals surface area (Å²) in [5, 5.41) is 0. The molecule has 2 bridgehead atoms. The highest BCUT2D eigenvalue weighted by Crippen LogP contribution is 2.65. The summed E-state index contributed by atoms with van der Waals surface area (Å²) in [7, 11) is 0. The Bertz CT molecular complexity index is 1400. The topological polar surface area (TPSA) is 72.9 Å². The van der Waals surface area contributed by atoms with Crippen LogP contribution >= 0.6 is 0 Å². The summed E-state index contributed by atoms with van der Waals surface area (Å²) in [6.45, 7) is 0.430. The third-order valence-corrected chi connectivity index (χ3v) is 8.84. The molecule has 1 aliphatic heterocycles. The van der Waals surface area contributed by atoms with Crippen molar-refractivity contribution in [3.8, 4) is 11.5 Å². The number of carbonyl (C=O) groups excluding carboxylic acids is 3. The lowest BCUT2D eigenvalue weighted by Gasteiger charge is -2.37. The van der Waals surface area contributed by atoms with Crippen molar-refractivity contribution in [1.82, 2.24) is 4.90 Å². The highest BCUT2D eigenvalue weighted by molar-refractivity contribution is 6.09. The molecule has 0 N–H and O–H groups in total. The number of hydrogen-bond acceptors (Lipinski definition) is 5. The van der Waals surface area contributed by atoms with Gasteiger partial charge in [-0.05, 0) is 65.5 Å². The zero-order valence-electron chi connectivity index (χ0n) is 21.4. The van der Waals surface area contributed by atoms with Crippen molar-refractivity contribution in [3.05, 3.63) is 108 Å². The van der Waals surface area contributed by atoms with E-state index in [0.717, 1.165) is 17.5 Å². The Kier molecular flexibility index (Phi) is 5.84. The lowest BCUT2D eigenvalue weighted by Crippen LogP contribution is -2.48. The Hall–Kier alpha value is -4.19. The summed E-state index contributed by atoms with van der Waals surface area (Å²) in [5.74, 6) is 0.412. The molecule has 196 valence electrons. The molecule has 2 amide bonds. The fourth-order valence-electron chi connectivity index (χ4n) is 6.93. The molecule has 0 unspecified atom stereocenters. The molecule has 1 saturated heterocycles. The number of imide groups is 1. The second-order valence-corrected chi connectivity index (χ2v) is 11.1. The quantitative estimate of drug-likeness (QED) is 0.184. The van der Waals surface area contributed by atoms with E-state index in [1.807, 2.05) is 60.7 Å². The van der Waals surface area contributed by atoms with E-state index in [-0.39, 0.29) is 41.9 Å². The van der Waals surface area contributed by atoms with E-state index < -0.39 is 12.0 Å². The fourth-order valence-corrected chi connectivity index (χ4v) is 6.93. The van der Waals surface area contributed by atoms with Crippen molar-refractivity contribution in [2.24, 2.45) is 35.5 Å². The zero-order valence-corrected chi connectivity index (χ0v) is 21.4. The van der Waals surface area contributed by atoms with Crippen LogP contribution in [0.2, 0.25) is 0 Å². The fraction of sp³-hybridized carbons (Fsp3) is 0.303. The summed E-state index contributed by atoms with van der Waals surface area (Å²) >= 11 is 0. The van der Waals surface area contributed by atoms with Crippen LogP contribution in [0.4, 0.5) is 0 Å². The van der Waals surface area contributed by atoms with Crippen LogP contribution in [-0.4, -0.2) is 28.7 Å². The van der Waals surface area contributed by atoms with E-state index in [1.54, 1.807) is 24.3 Å². The van der Waals surface area contributed by atoms with Gasteiger partial charge in [0.05, 0.1) is 11.8 Å². The second kappa shape index (κ2) is 9.53. The van der Waals surface area contributed by atoms with Gasteiger partial charge in [0.25, 0.3) is 0 Å². The molecule has 0 aromatic heterocycles. The van der Waals surface area contributed by atoms with E-state index >= 15 is 0 Å². The minimum Gasteiger partial charge on any atom is -0.489 e. The van der Waals surface area contributed by atoms with Crippen molar-refractivity contribution >= 4 is 17.8 Å². The Morgan fingerprint density at radius 1 is 0.744 bits per heavy atom. The van der Waals surface area contributed by atoms with Crippen LogP contribution < -0.4 is 9.47 Å². The molecule has 3 aromatic rings. The van der Waals surface area contributed by atoms with E-state index in [1.165, 1.54) is 4.90 Å². The Morgan fingerprint density at radius 2 is 1.28 bits per heavy atom. The number of amides is 2. The van der Waals surface area contributed by atoms with Crippen LogP contribution in [0.25, 0.3) is 0 Å². The Balaban J connectivity index is 1.10. The van der Waals surface area contributed by atoms with Crippen LogP contribution in [0, 0.1) is 35.5 Å². The molecular weight excluding hydrogens is 490 g/mol. The monoisotopic (exact) mass is 519 g/mol. The smallest absolute Gasteiger partial charge is 0.335 e. The van der Waals surface area contributed by atoms with E-state index in [0.29, 0.717) is 29.9 Å². The molecule has 2 saturated carbocycles. The van der Waals surface area contributed by atoms with Crippen LogP contribution in [0.1, 0.15) is 17.5 Å². The molecule has 6 nitrogen and oxygen atoms in total. The SMILES string of the molecule is O=C(Oc1ccc(OCc2ccccc2)cc1)[C@H](Cc1ccccc1)N1C(=O)[C@@H]2[C@H]3C=C[C@@H]([C@@H]4C[C@H]34)[C@H]2C1=O. The van der Waals surface area contributed by atoms with Crippen molar-refractivity contribution in [2.75, 3.05) is 0 Å². The number of hydrogen-bond donors (Lipinski definition) is 0. The predicted molar refractivity (Wildman–Crippen MR) is 143 cm³/mol. The van der Waals surface area contributed by atoms with Crippen LogP contribution in [0.15, 0.2) is 97.1 Å². The maximum Gasteiger partial charge on any atom is 0.335 e. The van der Waals surface area contributed by atoms with Gasteiger partial charge in [0.1, 0.15) is 24.1 Å². The predicted octanol–water partition coefficient (Wildman–Crippen LogP) is 4.84. The zero-order chi connectivity index (χ0) is 26.5. The molecule has 7 atom stereocenters. The maximum atomic E-state index is 13.8. The number of ether oxygens (including phenoxy) is 2. The van der Waals surface area contributed by atoms with Gasteiger partial charge in [-0.25, -0.2) is 4.79 Å². The lowest BCUT2D eigenvalue weighted by molar-refractivity contribution is -0.153. The molecule has 8 rings (SSSR count). The highest BCUT2D eigenvalue weighted by atomic mass is 16.5. The normalized spacial score (nSPS) is 28.6. The summed E-state index contributed by atoms with van der Waals surface area (Å²) in [4.78, 5) is 42.4. The molecular formula is C33H29NO5. The standard InChI is InChI=1S/C33H29NO5/c35-31-29-24-15-16-25(27-18-26(24)27)30(29)32(36)34(31)28(17-20-7-3-1-4-8-20)33(37)39-23-13-11-22(12-14-23)38-19-21-9-5-2-6-10-21/h1-16,24-30H,17-19H2/t24-,25-,26-,27+,28-,29+,30+/m0/s1. The van der Waals surface area contributed by atoms with Gasteiger partial charge < -0.3 is 9.47 Å². The third-order valence-electron chi connectivity index (χ3n) is 8.84. The number of likely N-dealkylation sites (tertiary alicyclic amines) is 1. The first-order valence-electron chi connectivity index (χ1n) is 13.7. The van der Waals surface area contributed by atoms with Crippen molar-refractivity contribution in [1.29, 1.82) is 0 Å². The van der Waals surface area contributed by atoms with Gasteiger partial charge in [-0.1, -0.05) is 72.8 Å². The van der Waals surface area contributed by atoms with Gasteiger partial charge in [0, 0.05) is 6.42 Å². The van der Waals surface area contributed by atoms with Gasteiger partial charge in [-0.15, -0.1) is 0 Å². The Morgan fingerprint density at radius 3 is 1.87 bits per heavy atom. The molecule has 39 heavy (non-hydrogen) atoms. The van der Waals surface area contributed by atoms with E-state index in [2.05, 4.69) is 12.2 Å². The van der Waals surface area contributed by atoms with Crippen LogP contribution in [0.5, 0.6) is 11.5 Å². The summed E-state index contributed by atoms with van der Waals surface area (Å²) < 4.78 is 11.6. The third kappa shape index (κ3) is 4.24.